The first-order valence-electron chi connectivity index (χ1n) is 10.3. The molecule has 2 bridgehead atoms. The number of nitrogens with zero attached hydrogens (tertiary/aromatic N) is 1. The van der Waals surface area contributed by atoms with Crippen LogP contribution in [0, 0.1) is 5.92 Å². The number of aryl methyl sites for hydroxylation is 1. The molecule has 26 heavy (non-hydrogen) atoms. The number of piperidine rings is 1. The summed E-state index contributed by atoms with van der Waals surface area (Å²) in [4.78, 5) is 2.84. The number of fused-ring (bicyclic) bond motifs is 3. The van der Waals surface area contributed by atoms with Gasteiger partial charge in [0.05, 0.1) is 7.11 Å². The van der Waals surface area contributed by atoms with Gasteiger partial charge in [-0.2, -0.15) is 0 Å². The van der Waals surface area contributed by atoms with Crippen LogP contribution in [0.4, 0.5) is 0 Å². The smallest absolute Gasteiger partial charge is 0.119 e. The van der Waals surface area contributed by atoms with E-state index in [1.807, 2.05) is 0 Å². The second-order valence-corrected chi connectivity index (χ2v) is 8.53. The van der Waals surface area contributed by atoms with Crippen molar-refractivity contribution in [3.8, 4) is 5.75 Å². The molecule has 3 atom stereocenters. The molecule has 2 heterocycles. The lowest BCUT2D eigenvalue weighted by Crippen LogP contribution is -2.48. The molecule has 2 aromatic rings. The minimum atomic E-state index is 0.677. The van der Waals surface area contributed by atoms with Crippen LogP contribution in [0.5, 0.6) is 5.75 Å². The van der Waals surface area contributed by atoms with Crippen molar-refractivity contribution < 1.29 is 4.74 Å². The quantitative estimate of drug-likeness (QED) is 0.804. The molecule has 6 rings (SSSR count). The average molecular weight is 348 g/mol. The van der Waals surface area contributed by atoms with Gasteiger partial charge in [-0.25, -0.2) is 0 Å². The van der Waals surface area contributed by atoms with E-state index in [4.69, 9.17) is 4.74 Å². The van der Waals surface area contributed by atoms with Gasteiger partial charge in [-0.3, -0.25) is 4.90 Å². The molecule has 1 saturated heterocycles. The molecule has 0 spiro atoms. The Morgan fingerprint density at radius 3 is 2.65 bits per heavy atom. The molecule has 136 valence electrons. The van der Waals surface area contributed by atoms with E-state index in [0.29, 0.717) is 5.92 Å². The molecule has 2 aromatic carbocycles. The Morgan fingerprint density at radius 2 is 1.81 bits per heavy atom. The van der Waals surface area contributed by atoms with Gasteiger partial charge in [-0.15, -0.1) is 0 Å². The number of methoxy groups -OCH3 is 1. The Labute approximate surface area is 157 Å². The molecular weight excluding hydrogens is 318 g/mol. The number of hydrogen-bond donors (Lipinski definition) is 0. The summed E-state index contributed by atoms with van der Waals surface area (Å²) < 4.78 is 5.49. The predicted octanol–water partition coefficient (Wildman–Crippen LogP) is 4.60. The van der Waals surface area contributed by atoms with Gasteiger partial charge in [-0.1, -0.05) is 30.3 Å². The molecule has 0 aromatic heterocycles. The van der Waals surface area contributed by atoms with Crippen LogP contribution in [0.25, 0.3) is 0 Å². The van der Waals surface area contributed by atoms with Gasteiger partial charge in [-0.05, 0) is 84.7 Å². The molecule has 2 nitrogen and oxygen atoms in total. The lowest BCUT2D eigenvalue weighted by atomic mass is 9.79. The fourth-order valence-electron chi connectivity index (χ4n) is 5.59. The van der Waals surface area contributed by atoms with Crippen molar-refractivity contribution in [2.24, 2.45) is 5.92 Å². The van der Waals surface area contributed by atoms with Crippen LogP contribution in [-0.2, 0) is 19.3 Å². The van der Waals surface area contributed by atoms with E-state index in [2.05, 4.69) is 47.4 Å². The van der Waals surface area contributed by atoms with Gasteiger partial charge in [0.15, 0.2) is 0 Å². The molecule has 2 heteroatoms. The van der Waals surface area contributed by atoms with Crippen LogP contribution < -0.4 is 4.74 Å². The fourth-order valence-corrected chi connectivity index (χ4v) is 5.59. The zero-order valence-corrected chi connectivity index (χ0v) is 15.8. The van der Waals surface area contributed by atoms with Crippen molar-refractivity contribution in [1.82, 2.24) is 4.90 Å². The average Bonchev–Trinajstić information content (AvgIpc) is 3.04. The summed E-state index contributed by atoms with van der Waals surface area (Å²) in [6, 6.07) is 16.6. The molecule has 0 radical (unpaired) electrons. The van der Waals surface area contributed by atoms with Crippen molar-refractivity contribution in [3.05, 3.63) is 64.7 Å². The number of benzene rings is 2. The highest BCUT2D eigenvalue weighted by Crippen LogP contribution is 2.39. The molecule has 0 saturated carbocycles. The highest BCUT2D eigenvalue weighted by Gasteiger charge is 2.34. The summed E-state index contributed by atoms with van der Waals surface area (Å²) in [5.41, 5.74) is 6.29. The summed E-state index contributed by atoms with van der Waals surface area (Å²) >= 11 is 0. The van der Waals surface area contributed by atoms with E-state index in [1.165, 1.54) is 51.6 Å². The Balaban J connectivity index is 1.38. The van der Waals surface area contributed by atoms with Gasteiger partial charge in [0.2, 0.25) is 0 Å². The van der Waals surface area contributed by atoms with Crippen molar-refractivity contribution in [3.63, 3.8) is 0 Å². The summed E-state index contributed by atoms with van der Waals surface area (Å²) in [7, 11) is 1.78. The maximum absolute atomic E-state index is 5.49. The lowest BCUT2D eigenvalue weighted by Gasteiger charge is -2.43. The maximum atomic E-state index is 5.49. The number of ether oxygens (including phenoxy) is 1. The third-order valence-corrected chi connectivity index (χ3v) is 7.01. The molecule has 1 unspecified atom stereocenters. The Hall–Kier alpha value is -1.80. The van der Waals surface area contributed by atoms with Crippen LogP contribution >= 0.6 is 0 Å². The van der Waals surface area contributed by atoms with E-state index >= 15 is 0 Å². The van der Waals surface area contributed by atoms with Crippen molar-refractivity contribution in [2.45, 2.75) is 50.5 Å². The first kappa shape index (κ1) is 16.4. The van der Waals surface area contributed by atoms with E-state index in [9.17, 15) is 0 Å². The summed E-state index contributed by atoms with van der Waals surface area (Å²) in [6.45, 7) is 2.51. The Kier molecular flexibility index (Phi) is 4.24. The van der Waals surface area contributed by atoms with Gasteiger partial charge in [0.1, 0.15) is 5.75 Å². The molecule has 2 aliphatic carbocycles. The molecule has 2 aliphatic heterocycles. The van der Waals surface area contributed by atoms with Crippen LogP contribution in [0.15, 0.2) is 42.5 Å². The van der Waals surface area contributed by atoms with Crippen LogP contribution in [-0.4, -0.2) is 31.1 Å². The third-order valence-electron chi connectivity index (χ3n) is 7.01. The number of rotatable bonds is 3. The van der Waals surface area contributed by atoms with Gasteiger partial charge >= 0.3 is 0 Å². The fraction of sp³-hybridized carbons (Fsp3) is 0.500. The van der Waals surface area contributed by atoms with Crippen molar-refractivity contribution >= 4 is 0 Å². The van der Waals surface area contributed by atoms with Crippen LogP contribution in [0.2, 0.25) is 0 Å². The van der Waals surface area contributed by atoms with E-state index in [0.717, 1.165) is 17.7 Å². The topological polar surface area (TPSA) is 12.5 Å². The SMILES string of the molecule is COc1ccc2c(c1)C(CN1C[C@@H]3CC[C@@H]1Cc1ccccc1C3)CC2. The first-order chi connectivity index (χ1) is 12.8. The zero-order chi connectivity index (χ0) is 17.5. The van der Waals surface area contributed by atoms with Crippen LogP contribution in [0.1, 0.15) is 47.4 Å². The van der Waals surface area contributed by atoms with Gasteiger partial charge < -0.3 is 4.74 Å². The van der Waals surface area contributed by atoms with Crippen molar-refractivity contribution in [2.75, 3.05) is 20.2 Å². The number of hydrogen-bond acceptors (Lipinski definition) is 2. The highest BCUT2D eigenvalue weighted by atomic mass is 16.5. The van der Waals surface area contributed by atoms with E-state index < -0.39 is 0 Å². The normalized spacial score (nSPS) is 27.5. The summed E-state index contributed by atoms with van der Waals surface area (Å²) in [6.07, 6.45) is 7.82. The maximum Gasteiger partial charge on any atom is 0.119 e. The van der Waals surface area contributed by atoms with Crippen LogP contribution in [0.3, 0.4) is 0 Å². The van der Waals surface area contributed by atoms with Crippen molar-refractivity contribution in [1.29, 1.82) is 0 Å². The molecule has 0 amide bonds. The second kappa shape index (κ2) is 6.74. The minimum absolute atomic E-state index is 0.677. The molecule has 1 fully saturated rings. The van der Waals surface area contributed by atoms with E-state index in [1.54, 1.807) is 29.4 Å². The van der Waals surface area contributed by atoms with Gasteiger partial charge in [0, 0.05) is 19.1 Å². The van der Waals surface area contributed by atoms with E-state index in [-0.39, 0.29) is 0 Å². The summed E-state index contributed by atoms with van der Waals surface area (Å²) in [5, 5.41) is 0. The molecule has 4 aliphatic rings. The largest absolute Gasteiger partial charge is 0.497 e. The first-order valence-corrected chi connectivity index (χ1v) is 10.3. The lowest BCUT2D eigenvalue weighted by molar-refractivity contribution is 0.0941. The predicted molar refractivity (Wildman–Crippen MR) is 106 cm³/mol. The molecular formula is C24H29NO. The monoisotopic (exact) mass is 347 g/mol. The third kappa shape index (κ3) is 2.95. The molecule has 0 N–H and O–H groups in total. The highest BCUT2D eigenvalue weighted by molar-refractivity contribution is 5.41. The standard InChI is InChI=1S/C24H29NO/c1-26-23-11-9-18-7-8-21(24(18)14-23)16-25-15-17-6-10-22(25)13-20-5-3-2-4-19(20)12-17/h2-5,9,11,14,17,21-22H,6-8,10,12-13,15-16H2,1H3/t17-,21?,22-/m1/s1. The second-order valence-electron chi connectivity index (χ2n) is 8.53. The summed E-state index contributed by atoms with van der Waals surface area (Å²) in [5.74, 6) is 2.52. The Morgan fingerprint density at radius 1 is 0.962 bits per heavy atom. The van der Waals surface area contributed by atoms with Gasteiger partial charge in [0.25, 0.3) is 0 Å². The minimum Gasteiger partial charge on any atom is -0.497 e. The zero-order valence-electron chi connectivity index (χ0n) is 15.8. The Bertz CT molecular complexity index is 799.